The number of carbonyl (C=O) groups is 1. The molecule has 104 valence electrons. The Morgan fingerprint density at radius 1 is 1.37 bits per heavy atom. The molecule has 0 fully saturated rings. The van der Waals surface area contributed by atoms with E-state index in [-0.39, 0.29) is 13.0 Å². The van der Waals surface area contributed by atoms with Crippen LogP contribution < -0.4 is 10.1 Å². The zero-order valence-corrected chi connectivity index (χ0v) is 9.78. The number of hydrogen-bond acceptors (Lipinski definition) is 3. The second kappa shape index (κ2) is 5.08. The van der Waals surface area contributed by atoms with Crippen molar-refractivity contribution < 1.29 is 27.8 Å². The molecule has 0 saturated carbocycles. The fraction of sp³-hybridized carbons (Fsp3) is 0.417. The molecule has 19 heavy (non-hydrogen) atoms. The number of para-hydroxylation sites is 1. The molecule has 2 rings (SSSR count). The first-order valence-electron chi connectivity index (χ1n) is 5.67. The summed E-state index contributed by atoms with van der Waals surface area (Å²) in [7, 11) is 0. The van der Waals surface area contributed by atoms with E-state index in [1.807, 2.05) is 0 Å². The van der Waals surface area contributed by atoms with E-state index in [1.165, 1.54) is 0 Å². The van der Waals surface area contributed by atoms with Crippen LogP contribution in [0.25, 0.3) is 0 Å². The van der Waals surface area contributed by atoms with E-state index in [9.17, 15) is 23.1 Å². The van der Waals surface area contributed by atoms with Crippen molar-refractivity contribution in [3.63, 3.8) is 0 Å². The lowest BCUT2D eigenvalue weighted by Gasteiger charge is -2.22. The van der Waals surface area contributed by atoms with Gasteiger partial charge in [-0.3, -0.25) is 4.79 Å². The highest BCUT2D eigenvalue weighted by molar-refractivity contribution is 5.82. The lowest BCUT2D eigenvalue weighted by atomic mass is 10.0. The number of carbonyl (C=O) groups excluding carboxylic acids is 1. The highest BCUT2D eigenvalue weighted by Gasteiger charge is 2.41. The van der Waals surface area contributed by atoms with Gasteiger partial charge < -0.3 is 15.2 Å². The lowest BCUT2D eigenvalue weighted by Crippen LogP contribution is -2.45. The zero-order chi connectivity index (χ0) is 14.0. The van der Waals surface area contributed by atoms with Crippen molar-refractivity contribution in [2.24, 2.45) is 0 Å². The maximum Gasteiger partial charge on any atom is 0.471 e. The van der Waals surface area contributed by atoms with Crippen LogP contribution in [0.15, 0.2) is 24.3 Å². The molecule has 1 aromatic rings. The molecule has 1 heterocycles. The van der Waals surface area contributed by atoms with Crippen molar-refractivity contribution >= 4 is 5.91 Å². The van der Waals surface area contributed by atoms with Gasteiger partial charge in [-0.1, -0.05) is 18.2 Å². The molecule has 4 nitrogen and oxygen atoms in total. The standard InChI is InChI=1S/C12H12F3NO3/c13-12(14,15)11(18)16-8-5-6-19-9-4-2-1-3-7(9)10(8)17/h1-4,8,10,17H,5-6H2,(H,16,18). The molecule has 1 aliphatic rings. The fourth-order valence-corrected chi connectivity index (χ4v) is 1.93. The minimum Gasteiger partial charge on any atom is -0.493 e. The topological polar surface area (TPSA) is 58.6 Å². The number of ether oxygens (including phenoxy) is 1. The Kier molecular flexibility index (Phi) is 3.66. The van der Waals surface area contributed by atoms with Crippen molar-refractivity contribution in [1.29, 1.82) is 0 Å². The summed E-state index contributed by atoms with van der Waals surface area (Å²) in [6.07, 6.45) is -6.10. The van der Waals surface area contributed by atoms with Crippen molar-refractivity contribution in [1.82, 2.24) is 5.32 Å². The molecule has 0 spiro atoms. The van der Waals surface area contributed by atoms with Gasteiger partial charge in [0.1, 0.15) is 11.9 Å². The highest BCUT2D eigenvalue weighted by atomic mass is 19.4. The number of rotatable bonds is 1. The molecule has 1 aromatic carbocycles. The largest absolute Gasteiger partial charge is 0.493 e. The average Bonchev–Trinajstić information content (AvgIpc) is 2.50. The van der Waals surface area contributed by atoms with E-state index in [0.29, 0.717) is 11.3 Å². The normalized spacial score (nSPS) is 22.9. The summed E-state index contributed by atoms with van der Waals surface area (Å²) in [5, 5.41) is 11.8. The van der Waals surface area contributed by atoms with E-state index in [2.05, 4.69) is 0 Å². The Labute approximate surface area is 107 Å². The number of aliphatic hydroxyl groups is 1. The third-order valence-electron chi connectivity index (χ3n) is 2.88. The summed E-state index contributed by atoms with van der Waals surface area (Å²) in [4.78, 5) is 10.9. The quantitative estimate of drug-likeness (QED) is 0.817. The summed E-state index contributed by atoms with van der Waals surface area (Å²) in [6, 6.07) is 5.47. The second-order valence-electron chi connectivity index (χ2n) is 4.20. The smallest absolute Gasteiger partial charge is 0.471 e. The van der Waals surface area contributed by atoms with Gasteiger partial charge in [-0.25, -0.2) is 0 Å². The average molecular weight is 275 g/mol. The van der Waals surface area contributed by atoms with Gasteiger partial charge in [0.05, 0.1) is 12.6 Å². The van der Waals surface area contributed by atoms with Crippen molar-refractivity contribution in [3.05, 3.63) is 29.8 Å². The van der Waals surface area contributed by atoms with Gasteiger partial charge in [0.25, 0.3) is 0 Å². The Morgan fingerprint density at radius 3 is 2.74 bits per heavy atom. The van der Waals surface area contributed by atoms with Crippen LogP contribution in [-0.2, 0) is 4.79 Å². The number of hydrogen-bond donors (Lipinski definition) is 2. The van der Waals surface area contributed by atoms with Crippen LogP contribution in [0.5, 0.6) is 5.75 Å². The van der Waals surface area contributed by atoms with Crippen LogP contribution in [0.1, 0.15) is 18.1 Å². The summed E-state index contributed by atoms with van der Waals surface area (Å²) in [5.41, 5.74) is 0.368. The van der Waals surface area contributed by atoms with Gasteiger partial charge >= 0.3 is 12.1 Å². The summed E-state index contributed by atoms with van der Waals surface area (Å²) < 4.78 is 41.9. The van der Waals surface area contributed by atoms with Crippen LogP contribution >= 0.6 is 0 Å². The Balaban J connectivity index is 2.18. The number of nitrogens with one attached hydrogen (secondary N) is 1. The zero-order valence-electron chi connectivity index (χ0n) is 9.78. The number of halogens is 3. The molecule has 0 aromatic heterocycles. The molecule has 0 radical (unpaired) electrons. The number of amides is 1. The maximum absolute atomic E-state index is 12.2. The third-order valence-corrected chi connectivity index (χ3v) is 2.88. The molecule has 0 bridgehead atoms. The van der Waals surface area contributed by atoms with Gasteiger partial charge in [-0.15, -0.1) is 0 Å². The van der Waals surface area contributed by atoms with Crippen molar-refractivity contribution in [3.8, 4) is 5.75 Å². The minimum absolute atomic E-state index is 0.0949. The molecule has 2 unspecified atom stereocenters. The van der Waals surface area contributed by atoms with Crippen molar-refractivity contribution in [2.45, 2.75) is 24.7 Å². The Bertz CT molecular complexity index is 476. The van der Waals surface area contributed by atoms with E-state index < -0.39 is 24.2 Å². The summed E-state index contributed by atoms with van der Waals surface area (Å²) >= 11 is 0. The van der Waals surface area contributed by atoms with E-state index in [4.69, 9.17) is 4.74 Å². The molecule has 7 heteroatoms. The predicted octanol–water partition coefficient (Wildman–Crippen LogP) is 1.55. The second-order valence-corrected chi connectivity index (χ2v) is 4.20. The lowest BCUT2D eigenvalue weighted by molar-refractivity contribution is -0.175. The Morgan fingerprint density at radius 2 is 2.05 bits per heavy atom. The first-order valence-corrected chi connectivity index (χ1v) is 5.67. The Hall–Kier alpha value is -1.76. The molecule has 1 aliphatic heterocycles. The third kappa shape index (κ3) is 2.98. The molecule has 2 N–H and O–H groups in total. The van der Waals surface area contributed by atoms with Crippen LogP contribution in [-0.4, -0.2) is 29.8 Å². The molecule has 0 aliphatic carbocycles. The van der Waals surface area contributed by atoms with Crippen molar-refractivity contribution in [2.75, 3.05) is 6.61 Å². The van der Waals surface area contributed by atoms with Gasteiger partial charge in [0, 0.05) is 12.0 Å². The molecule has 1 amide bonds. The van der Waals surface area contributed by atoms with Gasteiger partial charge in [0.15, 0.2) is 0 Å². The molecule has 2 atom stereocenters. The molecular formula is C12H12F3NO3. The fourth-order valence-electron chi connectivity index (χ4n) is 1.93. The minimum atomic E-state index is -4.97. The first kappa shape index (κ1) is 13.7. The first-order chi connectivity index (χ1) is 8.89. The van der Waals surface area contributed by atoms with Crippen LogP contribution in [0, 0.1) is 0 Å². The van der Waals surface area contributed by atoms with Crippen LogP contribution in [0.3, 0.4) is 0 Å². The maximum atomic E-state index is 12.2. The predicted molar refractivity (Wildman–Crippen MR) is 59.5 cm³/mol. The number of fused-ring (bicyclic) bond motifs is 1. The number of aliphatic hydroxyl groups excluding tert-OH is 1. The van der Waals surface area contributed by atoms with Crippen LogP contribution in [0.4, 0.5) is 13.2 Å². The van der Waals surface area contributed by atoms with Gasteiger partial charge in [-0.05, 0) is 6.07 Å². The van der Waals surface area contributed by atoms with E-state index in [0.717, 1.165) is 0 Å². The molecular weight excluding hydrogens is 263 g/mol. The highest BCUT2D eigenvalue weighted by Crippen LogP contribution is 2.31. The van der Waals surface area contributed by atoms with Crippen LogP contribution in [0.2, 0.25) is 0 Å². The van der Waals surface area contributed by atoms with Gasteiger partial charge in [-0.2, -0.15) is 13.2 Å². The number of benzene rings is 1. The summed E-state index contributed by atoms with van der Waals surface area (Å²) in [5.74, 6) is -1.64. The monoisotopic (exact) mass is 275 g/mol. The SMILES string of the molecule is O=C(NC1CCOc2ccccc2C1O)C(F)(F)F. The van der Waals surface area contributed by atoms with Gasteiger partial charge in [0.2, 0.25) is 0 Å². The molecule has 0 saturated heterocycles. The number of alkyl halides is 3. The summed E-state index contributed by atoms with van der Waals surface area (Å²) in [6.45, 7) is 0.122. The van der Waals surface area contributed by atoms with E-state index in [1.54, 1.807) is 29.6 Å². The van der Waals surface area contributed by atoms with E-state index >= 15 is 0 Å².